The van der Waals surface area contributed by atoms with Gasteiger partial charge in [0, 0.05) is 22.8 Å². The summed E-state index contributed by atoms with van der Waals surface area (Å²) in [5.41, 5.74) is 1.91. The number of nitrogens with zero attached hydrogens (tertiary/aromatic N) is 4. The first-order chi connectivity index (χ1) is 11.7. The molecule has 7 nitrogen and oxygen atoms in total. The van der Waals surface area contributed by atoms with Crippen LogP contribution in [0.5, 0.6) is 0 Å². The van der Waals surface area contributed by atoms with E-state index in [1.54, 1.807) is 40.9 Å². The minimum absolute atomic E-state index is 0.0673. The molecule has 0 bridgehead atoms. The van der Waals surface area contributed by atoms with Crippen molar-refractivity contribution in [2.75, 3.05) is 5.32 Å². The first kappa shape index (κ1) is 14.4. The van der Waals surface area contributed by atoms with Crippen molar-refractivity contribution in [1.29, 1.82) is 0 Å². The van der Waals surface area contributed by atoms with E-state index < -0.39 is 5.91 Å². The van der Waals surface area contributed by atoms with Crippen LogP contribution in [0.15, 0.2) is 59.3 Å². The number of carbonyl (C=O) groups is 1. The van der Waals surface area contributed by atoms with Crippen LogP contribution in [0.1, 0.15) is 10.6 Å². The number of pyridine rings is 1. The van der Waals surface area contributed by atoms with E-state index in [0.717, 1.165) is 5.56 Å². The summed E-state index contributed by atoms with van der Waals surface area (Å²) in [4.78, 5) is 12.3. The van der Waals surface area contributed by atoms with Gasteiger partial charge in [0.2, 0.25) is 11.7 Å². The van der Waals surface area contributed by atoms with Gasteiger partial charge in [-0.2, -0.15) is 0 Å². The van der Waals surface area contributed by atoms with E-state index in [1.807, 2.05) is 18.2 Å². The highest BCUT2D eigenvalue weighted by Crippen LogP contribution is 2.22. The number of aromatic nitrogens is 4. The molecule has 0 aliphatic carbocycles. The van der Waals surface area contributed by atoms with Gasteiger partial charge in [-0.05, 0) is 24.3 Å². The zero-order valence-corrected chi connectivity index (χ0v) is 12.9. The molecular weight excluding hydrogens is 330 g/mol. The maximum absolute atomic E-state index is 12.3. The number of nitrogens with one attached hydrogen (secondary N) is 1. The van der Waals surface area contributed by atoms with Gasteiger partial charge in [0.15, 0.2) is 5.65 Å². The van der Waals surface area contributed by atoms with Gasteiger partial charge in [0.25, 0.3) is 5.91 Å². The molecule has 118 valence electrons. The number of rotatable bonds is 3. The Morgan fingerprint density at radius 3 is 2.92 bits per heavy atom. The van der Waals surface area contributed by atoms with Gasteiger partial charge in [-0.1, -0.05) is 35.0 Å². The lowest BCUT2D eigenvalue weighted by atomic mass is 10.1. The molecule has 0 aliphatic rings. The number of hydrogen-bond acceptors (Lipinski definition) is 5. The van der Waals surface area contributed by atoms with Crippen LogP contribution >= 0.6 is 11.6 Å². The maximum atomic E-state index is 12.3. The van der Waals surface area contributed by atoms with E-state index in [9.17, 15) is 4.79 Å². The smallest absolute Gasteiger partial charge is 0.296 e. The van der Waals surface area contributed by atoms with Crippen molar-refractivity contribution in [2.24, 2.45) is 0 Å². The Morgan fingerprint density at radius 2 is 2.04 bits per heavy atom. The van der Waals surface area contributed by atoms with Crippen molar-refractivity contribution in [3.8, 4) is 11.3 Å². The monoisotopic (exact) mass is 339 g/mol. The van der Waals surface area contributed by atoms with Crippen LogP contribution in [0.3, 0.4) is 0 Å². The molecule has 0 spiro atoms. The summed E-state index contributed by atoms with van der Waals surface area (Å²) in [5.74, 6) is -0.0945. The SMILES string of the molecule is O=C(Nc1nnc2ccccn12)c1cc(-c2cccc(Cl)c2)no1. The van der Waals surface area contributed by atoms with Gasteiger partial charge >= 0.3 is 0 Å². The summed E-state index contributed by atoms with van der Waals surface area (Å²) in [7, 11) is 0. The molecule has 8 heteroatoms. The van der Waals surface area contributed by atoms with E-state index in [1.165, 1.54) is 0 Å². The normalized spacial score (nSPS) is 10.9. The van der Waals surface area contributed by atoms with Crippen LogP contribution in [-0.4, -0.2) is 25.7 Å². The number of fused-ring (bicyclic) bond motifs is 1. The molecule has 1 N–H and O–H groups in total. The Balaban J connectivity index is 1.59. The molecule has 4 aromatic rings. The summed E-state index contributed by atoms with van der Waals surface area (Å²) in [6.45, 7) is 0. The molecule has 3 aromatic heterocycles. The average molecular weight is 340 g/mol. The van der Waals surface area contributed by atoms with Crippen molar-refractivity contribution in [2.45, 2.75) is 0 Å². The minimum atomic E-state index is -0.464. The third kappa shape index (κ3) is 2.61. The van der Waals surface area contributed by atoms with Gasteiger partial charge in [0.05, 0.1) is 0 Å². The van der Waals surface area contributed by atoms with Gasteiger partial charge in [-0.3, -0.25) is 14.5 Å². The van der Waals surface area contributed by atoms with E-state index >= 15 is 0 Å². The maximum Gasteiger partial charge on any atom is 0.296 e. The molecular formula is C16H10ClN5O2. The third-order valence-electron chi connectivity index (χ3n) is 3.39. The second-order valence-electron chi connectivity index (χ2n) is 4.99. The number of halogens is 1. The molecule has 0 fully saturated rings. The first-order valence-corrected chi connectivity index (χ1v) is 7.42. The first-order valence-electron chi connectivity index (χ1n) is 7.04. The zero-order valence-electron chi connectivity index (χ0n) is 12.2. The summed E-state index contributed by atoms with van der Waals surface area (Å²) < 4.78 is 6.78. The fourth-order valence-corrected chi connectivity index (χ4v) is 2.45. The highest BCUT2D eigenvalue weighted by molar-refractivity contribution is 6.30. The summed E-state index contributed by atoms with van der Waals surface area (Å²) in [6.07, 6.45) is 1.75. The van der Waals surface area contributed by atoms with E-state index in [0.29, 0.717) is 22.3 Å². The fraction of sp³-hybridized carbons (Fsp3) is 0. The van der Waals surface area contributed by atoms with Crippen LogP contribution < -0.4 is 5.32 Å². The molecule has 0 radical (unpaired) electrons. The van der Waals surface area contributed by atoms with Crippen molar-refractivity contribution in [1.82, 2.24) is 19.8 Å². The molecule has 1 aromatic carbocycles. The topological polar surface area (TPSA) is 85.3 Å². The van der Waals surface area contributed by atoms with E-state index in [2.05, 4.69) is 20.7 Å². The molecule has 0 saturated heterocycles. The van der Waals surface area contributed by atoms with Crippen molar-refractivity contribution in [3.05, 3.63) is 65.5 Å². The molecule has 1 amide bonds. The Kier molecular flexibility index (Phi) is 3.47. The second-order valence-corrected chi connectivity index (χ2v) is 5.43. The highest BCUT2D eigenvalue weighted by Gasteiger charge is 2.16. The number of amides is 1. The standard InChI is InChI=1S/C16H10ClN5O2/c17-11-5-3-4-10(8-11)12-9-13(24-21-12)15(23)18-16-20-19-14-6-1-2-7-22(14)16/h1-9H,(H,18,20,23). The quantitative estimate of drug-likeness (QED) is 0.619. The Labute approximate surface area is 140 Å². The Morgan fingerprint density at radius 1 is 1.12 bits per heavy atom. The highest BCUT2D eigenvalue weighted by atomic mass is 35.5. The summed E-state index contributed by atoms with van der Waals surface area (Å²) >= 11 is 5.96. The lowest BCUT2D eigenvalue weighted by Gasteiger charge is -1.99. The molecule has 0 atom stereocenters. The Bertz CT molecular complexity index is 1040. The van der Waals surface area contributed by atoms with Gasteiger partial charge in [-0.15, -0.1) is 10.2 Å². The van der Waals surface area contributed by atoms with Crippen LogP contribution in [-0.2, 0) is 0 Å². The lowest BCUT2D eigenvalue weighted by Crippen LogP contribution is -2.13. The summed E-state index contributed by atoms with van der Waals surface area (Å²) in [6, 6.07) is 14.1. The average Bonchev–Trinajstić information content (AvgIpc) is 3.23. The number of benzene rings is 1. The number of hydrogen-bond donors (Lipinski definition) is 1. The van der Waals surface area contributed by atoms with E-state index in [4.69, 9.17) is 16.1 Å². The van der Waals surface area contributed by atoms with Gasteiger partial charge in [-0.25, -0.2) is 0 Å². The number of carbonyl (C=O) groups excluding carboxylic acids is 1. The van der Waals surface area contributed by atoms with Crippen LogP contribution in [0.25, 0.3) is 16.9 Å². The number of anilines is 1. The van der Waals surface area contributed by atoms with Crippen molar-refractivity contribution >= 4 is 29.1 Å². The summed E-state index contributed by atoms with van der Waals surface area (Å²) in [5, 5.41) is 15.0. The van der Waals surface area contributed by atoms with Crippen molar-refractivity contribution in [3.63, 3.8) is 0 Å². The lowest BCUT2D eigenvalue weighted by molar-refractivity contribution is 0.0987. The van der Waals surface area contributed by atoms with Gasteiger partial charge in [0.1, 0.15) is 5.69 Å². The molecule has 4 rings (SSSR count). The van der Waals surface area contributed by atoms with Gasteiger partial charge < -0.3 is 4.52 Å². The predicted molar refractivity (Wildman–Crippen MR) is 87.9 cm³/mol. The molecule has 0 saturated carbocycles. The fourth-order valence-electron chi connectivity index (χ4n) is 2.26. The predicted octanol–water partition coefficient (Wildman–Crippen LogP) is 3.29. The van der Waals surface area contributed by atoms with E-state index in [-0.39, 0.29) is 5.76 Å². The van der Waals surface area contributed by atoms with Crippen LogP contribution in [0.2, 0.25) is 5.02 Å². The van der Waals surface area contributed by atoms with Crippen LogP contribution in [0.4, 0.5) is 5.95 Å². The second kappa shape index (κ2) is 5.78. The third-order valence-corrected chi connectivity index (χ3v) is 3.63. The molecule has 3 heterocycles. The molecule has 0 unspecified atom stereocenters. The minimum Gasteiger partial charge on any atom is -0.350 e. The van der Waals surface area contributed by atoms with Crippen LogP contribution in [0, 0.1) is 0 Å². The molecule has 24 heavy (non-hydrogen) atoms. The van der Waals surface area contributed by atoms with Crippen molar-refractivity contribution < 1.29 is 9.32 Å². The molecule has 0 aliphatic heterocycles. The largest absolute Gasteiger partial charge is 0.350 e. The zero-order chi connectivity index (χ0) is 16.5. The Hall–Kier alpha value is -3.19.